The molecule has 0 aliphatic heterocycles. The molecule has 0 aromatic heterocycles. The SMILES string of the molecule is NC(=S)c1cc(Cl)ccc1NC1C2C3CCC(C3)C12. The van der Waals surface area contributed by atoms with Crippen LogP contribution in [0.2, 0.25) is 5.02 Å². The van der Waals surface area contributed by atoms with Crippen molar-refractivity contribution in [2.45, 2.75) is 25.3 Å². The smallest absolute Gasteiger partial charge is 0.106 e. The molecule has 0 saturated heterocycles. The van der Waals surface area contributed by atoms with Crippen molar-refractivity contribution >= 4 is 34.5 Å². The Morgan fingerprint density at radius 1 is 1.26 bits per heavy atom. The standard InChI is InChI=1S/C15H17ClN2S/c16-9-3-4-11(10(6-9)15(17)19)18-14-12-7-1-2-8(5-7)13(12)14/h3-4,6-8,12-14,18H,1-2,5H2,(H2,17,19). The van der Waals surface area contributed by atoms with Gasteiger partial charge in [-0.1, -0.05) is 23.8 Å². The molecule has 3 fully saturated rings. The van der Waals surface area contributed by atoms with Gasteiger partial charge in [-0.15, -0.1) is 0 Å². The van der Waals surface area contributed by atoms with Gasteiger partial charge in [0.25, 0.3) is 0 Å². The Bertz CT molecular complexity index is 543. The van der Waals surface area contributed by atoms with Crippen LogP contribution in [0.5, 0.6) is 0 Å². The lowest BCUT2D eigenvalue weighted by Crippen LogP contribution is -2.17. The zero-order valence-electron chi connectivity index (χ0n) is 10.6. The molecular formula is C15H17ClN2S. The van der Waals surface area contributed by atoms with Crippen molar-refractivity contribution in [2.24, 2.45) is 29.4 Å². The average Bonchev–Trinajstić information content (AvgIpc) is 2.79. The first-order chi connectivity index (χ1) is 9.15. The zero-order chi connectivity index (χ0) is 13.1. The van der Waals surface area contributed by atoms with Gasteiger partial charge in [0, 0.05) is 22.3 Å². The van der Waals surface area contributed by atoms with E-state index in [1.165, 1.54) is 19.3 Å². The maximum absolute atomic E-state index is 6.02. The highest BCUT2D eigenvalue weighted by Gasteiger charge is 2.65. The number of halogens is 1. The summed E-state index contributed by atoms with van der Waals surface area (Å²) in [6, 6.07) is 6.41. The van der Waals surface area contributed by atoms with Gasteiger partial charge in [-0.05, 0) is 61.1 Å². The molecule has 0 spiro atoms. The lowest BCUT2D eigenvalue weighted by Gasteiger charge is -2.15. The normalized spacial score (nSPS) is 38.1. The summed E-state index contributed by atoms with van der Waals surface area (Å²) >= 11 is 11.1. The van der Waals surface area contributed by atoms with Gasteiger partial charge < -0.3 is 11.1 Å². The van der Waals surface area contributed by atoms with Crippen molar-refractivity contribution in [1.82, 2.24) is 0 Å². The highest BCUT2D eigenvalue weighted by molar-refractivity contribution is 7.80. The quantitative estimate of drug-likeness (QED) is 0.838. The van der Waals surface area contributed by atoms with Gasteiger partial charge in [-0.3, -0.25) is 0 Å². The first kappa shape index (κ1) is 12.0. The van der Waals surface area contributed by atoms with E-state index in [2.05, 4.69) is 5.32 Å². The monoisotopic (exact) mass is 292 g/mol. The number of anilines is 1. The van der Waals surface area contributed by atoms with E-state index in [1.807, 2.05) is 18.2 Å². The molecule has 19 heavy (non-hydrogen) atoms. The molecule has 3 aliphatic rings. The fraction of sp³-hybridized carbons (Fsp3) is 0.533. The molecule has 0 radical (unpaired) electrons. The Hall–Kier alpha value is -0.800. The Morgan fingerprint density at radius 3 is 2.58 bits per heavy atom. The van der Waals surface area contributed by atoms with Gasteiger partial charge in [-0.2, -0.15) is 0 Å². The summed E-state index contributed by atoms with van der Waals surface area (Å²) in [5, 5.41) is 4.35. The Kier molecular flexibility index (Phi) is 2.58. The second-order valence-electron chi connectivity index (χ2n) is 6.21. The predicted octanol–water partition coefficient (Wildman–Crippen LogP) is 3.43. The number of hydrogen-bond acceptors (Lipinski definition) is 2. The highest BCUT2D eigenvalue weighted by Crippen LogP contribution is 2.66. The molecule has 1 aromatic rings. The summed E-state index contributed by atoms with van der Waals surface area (Å²) in [4.78, 5) is 0.416. The summed E-state index contributed by atoms with van der Waals surface area (Å²) in [5.74, 6) is 3.73. The van der Waals surface area contributed by atoms with Crippen LogP contribution in [0.25, 0.3) is 0 Å². The minimum Gasteiger partial charge on any atom is -0.389 e. The van der Waals surface area contributed by atoms with Crippen LogP contribution in [0.1, 0.15) is 24.8 Å². The highest BCUT2D eigenvalue weighted by atomic mass is 35.5. The van der Waals surface area contributed by atoms with E-state index in [0.29, 0.717) is 16.1 Å². The van der Waals surface area contributed by atoms with Crippen LogP contribution in [0.4, 0.5) is 5.69 Å². The molecule has 3 N–H and O–H groups in total. The van der Waals surface area contributed by atoms with Crippen LogP contribution in [-0.4, -0.2) is 11.0 Å². The van der Waals surface area contributed by atoms with Crippen LogP contribution >= 0.6 is 23.8 Å². The number of thiocarbonyl (C=S) groups is 1. The van der Waals surface area contributed by atoms with E-state index >= 15 is 0 Å². The first-order valence-corrected chi connectivity index (χ1v) is 7.79. The largest absolute Gasteiger partial charge is 0.389 e. The maximum Gasteiger partial charge on any atom is 0.106 e. The molecule has 0 amide bonds. The summed E-state index contributed by atoms with van der Waals surface area (Å²) in [7, 11) is 0. The van der Waals surface area contributed by atoms with Crippen molar-refractivity contribution in [2.75, 3.05) is 5.32 Å². The number of fused-ring (bicyclic) bond motifs is 5. The van der Waals surface area contributed by atoms with Crippen molar-refractivity contribution in [3.8, 4) is 0 Å². The van der Waals surface area contributed by atoms with Gasteiger partial charge in [0.1, 0.15) is 4.99 Å². The molecule has 4 atom stereocenters. The number of nitrogens with two attached hydrogens (primary N) is 1. The number of benzene rings is 1. The van der Waals surface area contributed by atoms with Crippen LogP contribution < -0.4 is 11.1 Å². The van der Waals surface area contributed by atoms with Gasteiger partial charge in [-0.25, -0.2) is 0 Å². The molecule has 4 unspecified atom stereocenters. The molecule has 1 aromatic carbocycles. The minimum absolute atomic E-state index is 0.416. The van der Waals surface area contributed by atoms with Crippen LogP contribution in [0, 0.1) is 23.7 Å². The molecule has 4 heteroatoms. The third-order valence-corrected chi connectivity index (χ3v) is 5.76. The van der Waals surface area contributed by atoms with Crippen molar-refractivity contribution in [3.05, 3.63) is 28.8 Å². The van der Waals surface area contributed by atoms with E-state index in [-0.39, 0.29) is 0 Å². The van der Waals surface area contributed by atoms with E-state index in [1.54, 1.807) is 0 Å². The fourth-order valence-corrected chi connectivity index (χ4v) is 4.89. The Balaban J connectivity index is 1.57. The molecule has 100 valence electrons. The Morgan fingerprint density at radius 2 is 1.95 bits per heavy atom. The molecule has 2 nitrogen and oxygen atoms in total. The maximum atomic E-state index is 6.02. The topological polar surface area (TPSA) is 38.0 Å². The first-order valence-electron chi connectivity index (χ1n) is 7.01. The molecule has 3 aliphatic carbocycles. The van der Waals surface area contributed by atoms with Gasteiger partial charge in [0.15, 0.2) is 0 Å². The van der Waals surface area contributed by atoms with Crippen LogP contribution in [0.3, 0.4) is 0 Å². The lowest BCUT2D eigenvalue weighted by molar-refractivity contribution is 0.456. The molecule has 0 heterocycles. The van der Waals surface area contributed by atoms with Gasteiger partial charge in [0.05, 0.1) is 0 Å². The predicted molar refractivity (Wildman–Crippen MR) is 82.6 cm³/mol. The summed E-state index contributed by atoms with van der Waals surface area (Å²) in [6.45, 7) is 0. The molecule has 4 rings (SSSR count). The molecule has 3 saturated carbocycles. The summed E-state index contributed by atoms with van der Waals surface area (Å²) in [5.41, 5.74) is 7.72. The van der Waals surface area contributed by atoms with E-state index in [4.69, 9.17) is 29.6 Å². The fourth-order valence-electron chi connectivity index (χ4n) is 4.54. The van der Waals surface area contributed by atoms with Crippen molar-refractivity contribution in [1.29, 1.82) is 0 Å². The average molecular weight is 293 g/mol. The second-order valence-corrected chi connectivity index (χ2v) is 7.09. The zero-order valence-corrected chi connectivity index (χ0v) is 12.2. The Labute approximate surface area is 123 Å². The lowest BCUT2D eigenvalue weighted by atomic mass is 10.0. The molecule has 2 bridgehead atoms. The number of rotatable bonds is 3. The van der Waals surface area contributed by atoms with E-state index in [9.17, 15) is 0 Å². The minimum atomic E-state index is 0.416. The van der Waals surface area contributed by atoms with Crippen molar-refractivity contribution in [3.63, 3.8) is 0 Å². The third kappa shape index (κ3) is 1.78. The van der Waals surface area contributed by atoms with Crippen molar-refractivity contribution < 1.29 is 0 Å². The molecular weight excluding hydrogens is 276 g/mol. The number of nitrogens with one attached hydrogen (secondary N) is 1. The van der Waals surface area contributed by atoms with Crippen LogP contribution in [-0.2, 0) is 0 Å². The van der Waals surface area contributed by atoms with Gasteiger partial charge >= 0.3 is 0 Å². The summed E-state index contributed by atoms with van der Waals surface area (Å²) < 4.78 is 0. The van der Waals surface area contributed by atoms with Crippen LogP contribution in [0.15, 0.2) is 18.2 Å². The third-order valence-electron chi connectivity index (χ3n) is 5.30. The van der Waals surface area contributed by atoms with E-state index < -0.39 is 0 Å². The second kappa shape index (κ2) is 4.10. The summed E-state index contributed by atoms with van der Waals surface area (Å²) in [6.07, 6.45) is 4.34. The van der Waals surface area contributed by atoms with E-state index in [0.717, 1.165) is 34.9 Å². The van der Waals surface area contributed by atoms with Gasteiger partial charge in [0.2, 0.25) is 0 Å². The number of hydrogen-bond donors (Lipinski definition) is 2.